The Morgan fingerprint density at radius 3 is 2.06 bits per heavy atom. The number of nitrogens with zero attached hydrogens (tertiary/aromatic N) is 1. The minimum absolute atomic E-state index is 0.136. The Bertz CT molecular complexity index is 1220. The van der Waals surface area contributed by atoms with Gasteiger partial charge in [-0.3, -0.25) is 0 Å². The van der Waals surface area contributed by atoms with E-state index < -0.39 is 5.97 Å². The highest BCUT2D eigenvalue weighted by molar-refractivity contribution is 6.03. The minimum Gasteiger partial charge on any atom is -0.478 e. The molecule has 0 aliphatic heterocycles. The van der Waals surface area contributed by atoms with Crippen LogP contribution in [0.15, 0.2) is 46.9 Å². The van der Waals surface area contributed by atoms with Crippen LogP contribution >= 0.6 is 0 Å². The van der Waals surface area contributed by atoms with Crippen molar-refractivity contribution in [3.8, 4) is 11.1 Å². The molecule has 0 saturated heterocycles. The van der Waals surface area contributed by atoms with E-state index >= 15 is 0 Å². The van der Waals surface area contributed by atoms with Crippen molar-refractivity contribution in [2.45, 2.75) is 48.5 Å². The van der Waals surface area contributed by atoms with E-state index in [9.17, 15) is 14.7 Å². The molecule has 1 heterocycles. The minimum atomic E-state index is -1.05. The van der Waals surface area contributed by atoms with Crippen LogP contribution < -0.4 is 15.5 Å². The molecule has 7 heteroatoms. The van der Waals surface area contributed by atoms with E-state index in [4.69, 9.17) is 4.42 Å². The number of carboxylic acid groups (broad SMARTS) is 1. The van der Waals surface area contributed by atoms with Crippen LogP contribution in [0.3, 0.4) is 0 Å². The number of anilines is 3. The number of carboxylic acids is 1. The Morgan fingerprint density at radius 1 is 0.889 bits per heavy atom. The topological polar surface area (TPSA) is 94.8 Å². The first-order chi connectivity index (χ1) is 17.0. The van der Waals surface area contributed by atoms with Gasteiger partial charge in [-0.05, 0) is 62.4 Å². The van der Waals surface area contributed by atoms with Gasteiger partial charge < -0.3 is 25.1 Å². The first kappa shape index (κ1) is 26.9. The quantitative estimate of drug-likeness (QED) is 0.291. The first-order valence-corrected chi connectivity index (χ1v) is 12.3. The average molecular weight is 492 g/mol. The summed E-state index contributed by atoms with van der Waals surface area (Å²) in [4.78, 5) is 27.3. The van der Waals surface area contributed by atoms with Crippen molar-refractivity contribution in [2.24, 2.45) is 11.8 Å². The second-order valence-electron chi connectivity index (χ2n) is 10.1. The predicted octanol–water partition coefficient (Wildman–Crippen LogP) is 7.33. The van der Waals surface area contributed by atoms with Crippen molar-refractivity contribution in [1.82, 2.24) is 0 Å². The Balaban J connectivity index is 2.07. The second-order valence-corrected chi connectivity index (χ2v) is 10.1. The molecule has 0 aliphatic carbocycles. The number of hydrogen-bond acceptors (Lipinski definition) is 4. The highest BCUT2D eigenvalue weighted by atomic mass is 16.4. The number of aryl methyl sites for hydroxylation is 3. The lowest BCUT2D eigenvalue weighted by Crippen LogP contribution is -2.32. The van der Waals surface area contributed by atoms with Crippen molar-refractivity contribution in [3.63, 3.8) is 0 Å². The average Bonchev–Trinajstić information content (AvgIpc) is 3.08. The van der Waals surface area contributed by atoms with Crippen LogP contribution in [0.4, 0.5) is 21.9 Å². The standard InChI is InChI=1S/C29H37N3O4/c1-17(2)15-32(16-18(3)4)25-13-10-22(26-20(6)36-21(7)27(26)28(33)34)14-24(25)31-29(35)30-23-11-8-19(5)9-12-23/h8-14,17-18H,15-16H2,1-7H3,(H,33,34)(H2,30,31,35). The van der Waals surface area contributed by atoms with Crippen molar-refractivity contribution in [3.05, 3.63) is 65.1 Å². The van der Waals surface area contributed by atoms with Gasteiger partial charge in [0.1, 0.15) is 17.1 Å². The predicted molar refractivity (Wildman–Crippen MR) is 146 cm³/mol. The van der Waals surface area contributed by atoms with E-state index in [0.717, 1.165) is 24.3 Å². The van der Waals surface area contributed by atoms with Crippen molar-refractivity contribution >= 4 is 29.1 Å². The van der Waals surface area contributed by atoms with Gasteiger partial charge in [-0.2, -0.15) is 0 Å². The summed E-state index contributed by atoms with van der Waals surface area (Å²) in [5.74, 6) is 0.655. The lowest BCUT2D eigenvalue weighted by Gasteiger charge is -2.30. The first-order valence-electron chi connectivity index (χ1n) is 12.3. The van der Waals surface area contributed by atoms with Gasteiger partial charge in [-0.1, -0.05) is 51.5 Å². The largest absolute Gasteiger partial charge is 0.478 e. The SMILES string of the molecule is Cc1ccc(NC(=O)Nc2cc(-c3c(C)oc(C)c3C(=O)O)ccc2N(CC(C)C)CC(C)C)cc1. The summed E-state index contributed by atoms with van der Waals surface area (Å²) in [6, 6.07) is 12.9. The van der Waals surface area contributed by atoms with Crippen LogP contribution in [0.1, 0.15) is 55.1 Å². The molecule has 3 N–H and O–H groups in total. The Labute approximate surface area is 213 Å². The van der Waals surface area contributed by atoms with Gasteiger partial charge in [-0.15, -0.1) is 0 Å². The summed E-state index contributed by atoms with van der Waals surface area (Å²) in [6.45, 7) is 15.7. The second kappa shape index (κ2) is 11.3. The fourth-order valence-corrected chi connectivity index (χ4v) is 4.43. The van der Waals surface area contributed by atoms with Crippen LogP contribution in [-0.2, 0) is 0 Å². The number of rotatable bonds is 9. The number of nitrogens with one attached hydrogen (secondary N) is 2. The summed E-state index contributed by atoms with van der Waals surface area (Å²) < 4.78 is 5.66. The number of carbonyl (C=O) groups is 2. The molecule has 2 amide bonds. The number of carbonyl (C=O) groups excluding carboxylic acids is 1. The number of urea groups is 1. The van der Waals surface area contributed by atoms with Gasteiger partial charge >= 0.3 is 12.0 Å². The fourth-order valence-electron chi connectivity index (χ4n) is 4.43. The molecule has 2 aromatic carbocycles. The van der Waals surface area contributed by atoms with Gasteiger partial charge in [0, 0.05) is 24.3 Å². The van der Waals surface area contributed by atoms with Crippen molar-refractivity contribution < 1.29 is 19.1 Å². The number of furan rings is 1. The summed E-state index contributed by atoms with van der Waals surface area (Å²) in [5.41, 5.74) is 4.61. The zero-order valence-corrected chi connectivity index (χ0v) is 22.2. The molecule has 0 fully saturated rings. The van der Waals surface area contributed by atoms with Crippen LogP contribution in [0, 0.1) is 32.6 Å². The molecule has 0 saturated carbocycles. The van der Waals surface area contributed by atoms with Gasteiger partial charge in [0.2, 0.25) is 0 Å². The Hall–Kier alpha value is -3.74. The zero-order valence-electron chi connectivity index (χ0n) is 22.2. The van der Waals surface area contributed by atoms with Crippen LogP contribution in [-0.4, -0.2) is 30.2 Å². The molecule has 0 radical (unpaired) electrons. The normalized spacial score (nSPS) is 11.1. The smallest absolute Gasteiger partial charge is 0.339 e. The van der Waals surface area contributed by atoms with E-state index in [1.165, 1.54) is 0 Å². The fraction of sp³-hybridized carbons (Fsp3) is 0.379. The maximum absolute atomic E-state index is 13.0. The lowest BCUT2D eigenvalue weighted by atomic mass is 9.98. The third-order valence-corrected chi connectivity index (χ3v) is 5.83. The molecule has 192 valence electrons. The third kappa shape index (κ3) is 6.47. The van der Waals surface area contributed by atoms with E-state index in [1.54, 1.807) is 13.8 Å². The van der Waals surface area contributed by atoms with E-state index in [0.29, 0.717) is 45.9 Å². The molecule has 0 spiro atoms. The van der Waals surface area contributed by atoms with Gasteiger partial charge in [0.25, 0.3) is 0 Å². The van der Waals surface area contributed by atoms with Crippen LogP contribution in [0.2, 0.25) is 0 Å². The molecule has 3 aromatic rings. The lowest BCUT2D eigenvalue weighted by molar-refractivity contribution is 0.0695. The summed E-state index contributed by atoms with van der Waals surface area (Å²) in [7, 11) is 0. The summed E-state index contributed by atoms with van der Waals surface area (Å²) >= 11 is 0. The molecule has 0 aliphatic rings. The van der Waals surface area contributed by atoms with Crippen LogP contribution in [0.25, 0.3) is 11.1 Å². The molecule has 7 nitrogen and oxygen atoms in total. The van der Waals surface area contributed by atoms with Crippen molar-refractivity contribution in [1.29, 1.82) is 0 Å². The molecule has 0 atom stereocenters. The Morgan fingerprint density at radius 2 is 1.50 bits per heavy atom. The highest BCUT2D eigenvalue weighted by Crippen LogP contribution is 2.37. The maximum atomic E-state index is 13.0. The Kier molecular flexibility index (Phi) is 8.45. The van der Waals surface area contributed by atoms with E-state index in [-0.39, 0.29) is 11.6 Å². The van der Waals surface area contributed by atoms with E-state index in [2.05, 4.69) is 43.2 Å². The molecular formula is C29H37N3O4. The molecule has 0 unspecified atom stereocenters. The molecule has 3 rings (SSSR count). The number of amides is 2. The summed E-state index contributed by atoms with van der Waals surface area (Å²) in [6.07, 6.45) is 0. The summed E-state index contributed by atoms with van der Waals surface area (Å²) in [5, 5.41) is 15.7. The van der Waals surface area contributed by atoms with Crippen LogP contribution in [0.5, 0.6) is 0 Å². The van der Waals surface area contributed by atoms with Crippen molar-refractivity contribution in [2.75, 3.05) is 28.6 Å². The monoisotopic (exact) mass is 491 g/mol. The molecule has 0 bridgehead atoms. The maximum Gasteiger partial charge on any atom is 0.339 e. The zero-order chi connectivity index (χ0) is 26.6. The molecule has 36 heavy (non-hydrogen) atoms. The number of aromatic carboxylic acids is 1. The number of benzene rings is 2. The van der Waals surface area contributed by atoms with Gasteiger partial charge in [-0.25, -0.2) is 9.59 Å². The van der Waals surface area contributed by atoms with E-state index in [1.807, 2.05) is 49.4 Å². The molecular weight excluding hydrogens is 454 g/mol. The number of hydrogen-bond donors (Lipinski definition) is 3. The van der Waals surface area contributed by atoms with Gasteiger partial charge in [0.15, 0.2) is 0 Å². The molecule has 1 aromatic heterocycles. The third-order valence-electron chi connectivity index (χ3n) is 5.83. The van der Waals surface area contributed by atoms with Gasteiger partial charge in [0.05, 0.1) is 11.4 Å². The highest BCUT2D eigenvalue weighted by Gasteiger charge is 2.24.